The van der Waals surface area contributed by atoms with E-state index in [1.807, 2.05) is 0 Å². The van der Waals surface area contributed by atoms with Crippen LogP contribution in [0.3, 0.4) is 0 Å². The zero-order chi connectivity index (χ0) is 11.0. The SMILES string of the molecule is CCCCC#CC(=O)[C@H](C)OC(C)=O. The van der Waals surface area contributed by atoms with Gasteiger partial charge in [-0.1, -0.05) is 19.3 Å². The van der Waals surface area contributed by atoms with Crippen LogP contribution in [0.5, 0.6) is 0 Å². The van der Waals surface area contributed by atoms with Gasteiger partial charge in [0.25, 0.3) is 0 Å². The molecule has 0 aliphatic carbocycles. The molecule has 0 bridgehead atoms. The number of unbranched alkanes of at least 4 members (excludes halogenated alkanes) is 2. The third-order valence-corrected chi connectivity index (χ3v) is 1.58. The minimum absolute atomic E-state index is 0.337. The average Bonchev–Trinajstić information content (AvgIpc) is 2.11. The number of carbonyl (C=O) groups excluding carboxylic acids is 2. The summed E-state index contributed by atoms with van der Waals surface area (Å²) in [6, 6.07) is 0. The van der Waals surface area contributed by atoms with Crippen molar-refractivity contribution in [2.45, 2.75) is 46.1 Å². The molecule has 0 radical (unpaired) electrons. The fraction of sp³-hybridized carbons (Fsp3) is 0.636. The van der Waals surface area contributed by atoms with Gasteiger partial charge in [0.15, 0.2) is 6.10 Å². The number of ether oxygens (including phenoxy) is 1. The lowest BCUT2D eigenvalue weighted by atomic mass is 10.2. The van der Waals surface area contributed by atoms with Gasteiger partial charge in [0, 0.05) is 13.3 Å². The highest BCUT2D eigenvalue weighted by Gasteiger charge is 2.12. The average molecular weight is 196 g/mol. The summed E-state index contributed by atoms with van der Waals surface area (Å²) in [5.41, 5.74) is 0. The zero-order valence-corrected chi connectivity index (χ0v) is 8.92. The maximum Gasteiger partial charge on any atom is 0.303 e. The van der Waals surface area contributed by atoms with Crippen molar-refractivity contribution in [1.29, 1.82) is 0 Å². The van der Waals surface area contributed by atoms with Crippen molar-refractivity contribution in [3.8, 4) is 11.8 Å². The first-order valence-electron chi connectivity index (χ1n) is 4.77. The summed E-state index contributed by atoms with van der Waals surface area (Å²) in [5, 5.41) is 0. The molecule has 0 saturated heterocycles. The first-order valence-corrected chi connectivity index (χ1v) is 4.77. The zero-order valence-electron chi connectivity index (χ0n) is 8.92. The second-order valence-corrected chi connectivity index (χ2v) is 3.02. The van der Waals surface area contributed by atoms with Gasteiger partial charge in [-0.2, -0.15) is 0 Å². The molecule has 0 aliphatic rings. The van der Waals surface area contributed by atoms with Crippen molar-refractivity contribution in [1.82, 2.24) is 0 Å². The van der Waals surface area contributed by atoms with Crippen molar-refractivity contribution in [3.05, 3.63) is 0 Å². The minimum Gasteiger partial charge on any atom is -0.454 e. The lowest BCUT2D eigenvalue weighted by molar-refractivity contribution is -0.150. The number of esters is 1. The number of hydrogen-bond donors (Lipinski definition) is 0. The Labute approximate surface area is 84.8 Å². The molecule has 3 heteroatoms. The molecule has 0 spiro atoms. The highest BCUT2D eigenvalue weighted by Crippen LogP contribution is 1.94. The number of rotatable bonds is 4. The smallest absolute Gasteiger partial charge is 0.303 e. The molecule has 3 nitrogen and oxygen atoms in total. The van der Waals surface area contributed by atoms with Crippen LogP contribution < -0.4 is 0 Å². The van der Waals surface area contributed by atoms with Crippen LogP contribution in [-0.4, -0.2) is 17.9 Å². The summed E-state index contributed by atoms with van der Waals surface area (Å²) in [6.45, 7) is 4.86. The molecule has 0 saturated carbocycles. The van der Waals surface area contributed by atoms with Gasteiger partial charge in [-0.05, 0) is 19.3 Å². The van der Waals surface area contributed by atoms with E-state index >= 15 is 0 Å². The molecule has 1 atom stereocenters. The molecule has 0 amide bonds. The van der Waals surface area contributed by atoms with E-state index in [9.17, 15) is 9.59 Å². The summed E-state index contributed by atoms with van der Waals surface area (Å²) in [6.07, 6.45) is 2.02. The van der Waals surface area contributed by atoms with Crippen LogP contribution in [0.25, 0.3) is 0 Å². The number of carbonyl (C=O) groups is 2. The molecule has 0 aromatic heterocycles. The lowest BCUT2D eigenvalue weighted by Gasteiger charge is -2.05. The monoisotopic (exact) mass is 196 g/mol. The third-order valence-electron chi connectivity index (χ3n) is 1.58. The van der Waals surface area contributed by atoms with Crippen LogP contribution in [0.2, 0.25) is 0 Å². The van der Waals surface area contributed by atoms with Crippen LogP contribution in [0.15, 0.2) is 0 Å². The van der Waals surface area contributed by atoms with Crippen molar-refractivity contribution in [2.24, 2.45) is 0 Å². The molecule has 0 aromatic carbocycles. The minimum atomic E-state index is -0.748. The van der Waals surface area contributed by atoms with Crippen LogP contribution >= 0.6 is 0 Å². The van der Waals surface area contributed by atoms with Crippen molar-refractivity contribution >= 4 is 11.8 Å². The van der Waals surface area contributed by atoms with Gasteiger partial charge in [-0.3, -0.25) is 9.59 Å². The van der Waals surface area contributed by atoms with E-state index in [1.54, 1.807) is 0 Å². The first kappa shape index (κ1) is 12.7. The van der Waals surface area contributed by atoms with Crippen LogP contribution in [-0.2, 0) is 14.3 Å². The van der Waals surface area contributed by atoms with E-state index < -0.39 is 12.1 Å². The molecule has 0 fully saturated rings. The summed E-state index contributed by atoms with van der Waals surface area (Å²) >= 11 is 0. The third kappa shape index (κ3) is 6.24. The van der Waals surface area contributed by atoms with Gasteiger partial charge in [-0.25, -0.2) is 0 Å². The van der Waals surface area contributed by atoms with Crippen molar-refractivity contribution in [3.63, 3.8) is 0 Å². The standard InChI is InChI=1S/C11H16O3/c1-4-5-6-7-8-11(13)9(2)14-10(3)12/h9H,4-6H2,1-3H3/t9-/m0/s1. The van der Waals surface area contributed by atoms with Gasteiger partial charge in [0.1, 0.15) is 0 Å². The predicted octanol–water partition coefficient (Wildman–Crippen LogP) is 1.70. The lowest BCUT2D eigenvalue weighted by Crippen LogP contribution is -2.21. The molecule has 0 N–H and O–H groups in total. The molecule has 0 heterocycles. The molecule has 0 aliphatic heterocycles. The van der Waals surface area contributed by atoms with E-state index in [-0.39, 0.29) is 5.78 Å². The second kappa shape index (κ2) is 7.14. The Morgan fingerprint density at radius 1 is 1.43 bits per heavy atom. The van der Waals surface area contributed by atoms with Gasteiger partial charge in [0.05, 0.1) is 0 Å². The molecular formula is C11H16O3. The van der Waals surface area contributed by atoms with E-state index in [0.29, 0.717) is 0 Å². The van der Waals surface area contributed by atoms with E-state index in [1.165, 1.54) is 13.8 Å². The highest BCUT2D eigenvalue weighted by atomic mass is 16.5. The molecule has 0 rings (SSSR count). The fourth-order valence-electron chi connectivity index (χ4n) is 0.819. The Hall–Kier alpha value is -1.30. The Morgan fingerprint density at radius 2 is 2.07 bits per heavy atom. The van der Waals surface area contributed by atoms with Crippen LogP contribution in [0, 0.1) is 11.8 Å². The molecule has 0 unspecified atom stereocenters. The molecular weight excluding hydrogens is 180 g/mol. The van der Waals surface area contributed by atoms with E-state index in [4.69, 9.17) is 0 Å². The molecule has 0 aromatic rings. The van der Waals surface area contributed by atoms with Gasteiger partial charge >= 0.3 is 5.97 Å². The second-order valence-electron chi connectivity index (χ2n) is 3.02. The van der Waals surface area contributed by atoms with Crippen LogP contribution in [0.1, 0.15) is 40.0 Å². The van der Waals surface area contributed by atoms with Gasteiger partial charge in [0.2, 0.25) is 5.78 Å². The predicted molar refractivity (Wildman–Crippen MR) is 53.5 cm³/mol. The van der Waals surface area contributed by atoms with Gasteiger partial charge < -0.3 is 4.74 Å². The van der Waals surface area contributed by atoms with Gasteiger partial charge in [-0.15, -0.1) is 0 Å². The number of ketones is 1. The van der Waals surface area contributed by atoms with Crippen LogP contribution in [0.4, 0.5) is 0 Å². The first-order chi connectivity index (χ1) is 6.57. The van der Waals surface area contributed by atoms with E-state index in [0.717, 1.165) is 19.3 Å². The highest BCUT2D eigenvalue weighted by molar-refractivity contribution is 5.99. The summed E-state index contributed by atoms with van der Waals surface area (Å²) in [5.74, 6) is 4.41. The number of Topliss-reactive ketones (excluding diaryl/α,β-unsaturated/α-hetero) is 1. The quantitative estimate of drug-likeness (QED) is 0.297. The Balaban J connectivity index is 3.92. The van der Waals surface area contributed by atoms with Crippen molar-refractivity contribution in [2.75, 3.05) is 0 Å². The largest absolute Gasteiger partial charge is 0.454 e. The number of hydrogen-bond acceptors (Lipinski definition) is 3. The Bertz CT molecular complexity index is 257. The van der Waals surface area contributed by atoms with Crippen molar-refractivity contribution < 1.29 is 14.3 Å². The normalized spacial score (nSPS) is 11.1. The summed E-state index contributed by atoms with van der Waals surface area (Å²) in [7, 11) is 0. The molecule has 78 valence electrons. The van der Waals surface area contributed by atoms with E-state index in [2.05, 4.69) is 23.5 Å². The maximum absolute atomic E-state index is 11.2. The molecule has 14 heavy (non-hydrogen) atoms. The summed E-state index contributed by atoms with van der Waals surface area (Å²) in [4.78, 5) is 21.7. The summed E-state index contributed by atoms with van der Waals surface area (Å²) < 4.78 is 4.68. The Kier molecular flexibility index (Phi) is 6.47. The fourth-order valence-corrected chi connectivity index (χ4v) is 0.819. The maximum atomic E-state index is 11.2. The Morgan fingerprint density at radius 3 is 2.57 bits per heavy atom. The topological polar surface area (TPSA) is 43.4 Å².